The summed E-state index contributed by atoms with van der Waals surface area (Å²) < 4.78 is 26.0. The molecule has 1 N–H and O–H groups in total. The monoisotopic (exact) mass is 410 g/mol. The minimum absolute atomic E-state index is 0.0309. The van der Waals surface area contributed by atoms with Crippen molar-refractivity contribution in [1.29, 1.82) is 0 Å². The van der Waals surface area contributed by atoms with E-state index in [9.17, 15) is 13.2 Å². The minimum atomic E-state index is -3.69. The van der Waals surface area contributed by atoms with E-state index in [2.05, 4.69) is 5.32 Å². The maximum atomic E-state index is 12.7. The molecule has 1 amide bonds. The number of nitrogens with one attached hydrogen (secondary N) is 1. The Bertz CT molecular complexity index is 831. The summed E-state index contributed by atoms with van der Waals surface area (Å²) in [6.07, 6.45) is 7.78. The molecule has 4 aliphatic carbocycles. The quantitative estimate of drug-likeness (QED) is 0.807. The molecule has 5 rings (SSSR count). The molecule has 4 saturated carbocycles. The lowest BCUT2D eigenvalue weighted by Crippen LogP contribution is -2.51. The summed E-state index contributed by atoms with van der Waals surface area (Å²) in [5.74, 6) is 2.28. The van der Waals surface area contributed by atoms with Crippen LogP contribution in [-0.4, -0.2) is 39.3 Å². The van der Waals surface area contributed by atoms with Crippen molar-refractivity contribution in [2.45, 2.75) is 43.4 Å². The van der Waals surface area contributed by atoms with Gasteiger partial charge in [0, 0.05) is 26.2 Å². The fourth-order valence-corrected chi connectivity index (χ4v) is 7.31. The van der Waals surface area contributed by atoms with Gasteiger partial charge in [-0.25, -0.2) is 12.7 Å². The SMILES string of the molecule is CN(C)S(=O)(=O)c1cc(C(=O)NCC23CC4CC(CC(C4)C2)C3)ccc1Cl. The molecule has 0 spiro atoms. The second kappa shape index (κ2) is 6.75. The maximum Gasteiger partial charge on any atom is 0.251 e. The average molecular weight is 411 g/mol. The van der Waals surface area contributed by atoms with Gasteiger partial charge in [-0.05, 0) is 79.9 Å². The number of sulfonamides is 1. The topological polar surface area (TPSA) is 66.5 Å². The first-order chi connectivity index (χ1) is 12.7. The summed E-state index contributed by atoms with van der Waals surface area (Å²) in [6.45, 7) is 0.688. The minimum Gasteiger partial charge on any atom is -0.351 e. The van der Waals surface area contributed by atoms with E-state index in [0.29, 0.717) is 12.1 Å². The molecule has 4 bridgehead atoms. The number of halogens is 1. The summed E-state index contributed by atoms with van der Waals surface area (Å²) in [4.78, 5) is 12.7. The molecule has 0 aromatic heterocycles. The van der Waals surface area contributed by atoms with Crippen molar-refractivity contribution in [3.63, 3.8) is 0 Å². The lowest BCUT2D eigenvalue weighted by molar-refractivity contribution is -0.0503. The second-order valence-corrected chi connectivity index (χ2v) is 11.6. The zero-order valence-corrected chi connectivity index (χ0v) is 17.4. The van der Waals surface area contributed by atoms with Crippen LogP contribution in [0.4, 0.5) is 0 Å². The highest BCUT2D eigenvalue weighted by molar-refractivity contribution is 7.89. The van der Waals surface area contributed by atoms with Crippen molar-refractivity contribution in [2.24, 2.45) is 23.2 Å². The number of benzene rings is 1. The molecule has 7 heteroatoms. The van der Waals surface area contributed by atoms with Crippen LogP contribution in [0.25, 0.3) is 0 Å². The van der Waals surface area contributed by atoms with Crippen molar-refractivity contribution >= 4 is 27.5 Å². The highest BCUT2D eigenvalue weighted by atomic mass is 35.5. The van der Waals surface area contributed by atoms with Crippen LogP contribution in [-0.2, 0) is 10.0 Å². The van der Waals surface area contributed by atoms with Crippen LogP contribution >= 0.6 is 11.6 Å². The van der Waals surface area contributed by atoms with Gasteiger partial charge < -0.3 is 5.32 Å². The van der Waals surface area contributed by atoms with Gasteiger partial charge >= 0.3 is 0 Å². The predicted molar refractivity (Wildman–Crippen MR) is 105 cm³/mol. The van der Waals surface area contributed by atoms with E-state index in [1.165, 1.54) is 64.8 Å². The van der Waals surface area contributed by atoms with Gasteiger partial charge in [-0.3, -0.25) is 4.79 Å². The zero-order valence-electron chi connectivity index (χ0n) is 15.9. The molecule has 0 unspecified atom stereocenters. The van der Waals surface area contributed by atoms with Gasteiger partial charge in [0.05, 0.1) is 5.02 Å². The highest BCUT2D eigenvalue weighted by Crippen LogP contribution is 2.59. The molecule has 0 saturated heterocycles. The Morgan fingerprint density at radius 2 is 1.70 bits per heavy atom. The summed E-state index contributed by atoms with van der Waals surface area (Å²) in [7, 11) is -0.794. The molecular formula is C20H27ClN2O3S. The summed E-state index contributed by atoms with van der Waals surface area (Å²) in [5.41, 5.74) is 0.583. The van der Waals surface area contributed by atoms with Crippen LogP contribution in [0, 0.1) is 23.2 Å². The molecule has 0 atom stereocenters. The van der Waals surface area contributed by atoms with Crippen LogP contribution in [0.2, 0.25) is 5.02 Å². The van der Waals surface area contributed by atoms with Crippen LogP contribution in [0.5, 0.6) is 0 Å². The summed E-state index contributed by atoms with van der Waals surface area (Å²) >= 11 is 6.08. The Labute approximate surface area is 166 Å². The number of nitrogens with zero attached hydrogens (tertiary/aromatic N) is 1. The molecule has 27 heavy (non-hydrogen) atoms. The Kier molecular flexibility index (Phi) is 4.80. The van der Waals surface area contributed by atoms with Crippen molar-refractivity contribution in [3.8, 4) is 0 Å². The van der Waals surface area contributed by atoms with Gasteiger partial charge in [-0.2, -0.15) is 0 Å². The van der Waals surface area contributed by atoms with Crippen molar-refractivity contribution < 1.29 is 13.2 Å². The normalized spacial score (nSPS) is 32.1. The maximum absolute atomic E-state index is 12.7. The van der Waals surface area contributed by atoms with E-state index in [4.69, 9.17) is 11.6 Å². The number of rotatable bonds is 5. The van der Waals surface area contributed by atoms with Gasteiger partial charge in [0.25, 0.3) is 5.91 Å². The fraction of sp³-hybridized carbons (Fsp3) is 0.650. The standard InChI is InChI=1S/C20H27ClN2O3S/c1-23(2)27(25,26)18-8-16(3-4-17(18)21)19(24)22-12-20-9-13-5-14(10-20)7-15(6-13)11-20/h3-4,8,13-15H,5-7,9-12H2,1-2H3,(H,22,24). The first-order valence-electron chi connectivity index (χ1n) is 9.69. The van der Waals surface area contributed by atoms with E-state index in [-0.39, 0.29) is 21.2 Å². The largest absolute Gasteiger partial charge is 0.351 e. The Morgan fingerprint density at radius 3 is 2.22 bits per heavy atom. The third-order valence-corrected chi connectivity index (χ3v) is 9.04. The first-order valence-corrected chi connectivity index (χ1v) is 11.5. The lowest BCUT2D eigenvalue weighted by atomic mass is 9.49. The zero-order chi connectivity index (χ0) is 19.4. The summed E-state index contributed by atoms with van der Waals surface area (Å²) in [5, 5.41) is 3.22. The molecule has 1 aromatic rings. The van der Waals surface area contributed by atoms with Gasteiger partial charge in [0.1, 0.15) is 4.90 Å². The van der Waals surface area contributed by atoms with Crippen molar-refractivity contribution in [3.05, 3.63) is 28.8 Å². The molecule has 0 radical (unpaired) electrons. The molecule has 0 aliphatic heterocycles. The third kappa shape index (κ3) is 3.52. The average Bonchev–Trinajstić information content (AvgIpc) is 2.58. The smallest absolute Gasteiger partial charge is 0.251 e. The Hall–Kier alpha value is -1.11. The predicted octanol–water partition coefficient (Wildman–Crippen LogP) is 3.54. The van der Waals surface area contributed by atoms with Gasteiger partial charge in [-0.1, -0.05) is 11.6 Å². The van der Waals surface area contributed by atoms with Crippen molar-refractivity contribution in [2.75, 3.05) is 20.6 Å². The van der Waals surface area contributed by atoms with E-state index in [0.717, 1.165) is 22.1 Å². The number of hydrogen-bond acceptors (Lipinski definition) is 3. The number of carbonyl (C=O) groups excluding carboxylic acids is 1. The van der Waals surface area contributed by atoms with Crippen LogP contribution < -0.4 is 5.32 Å². The van der Waals surface area contributed by atoms with E-state index in [1.807, 2.05) is 0 Å². The number of hydrogen-bond donors (Lipinski definition) is 1. The van der Waals surface area contributed by atoms with Crippen LogP contribution in [0.15, 0.2) is 23.1 Å². The van der Waals surface area contributed by atoms with E-state index < -0.39 is 10.0 Å². The fourth-order valence-electron chi connectivity index (χ4n) is 5.92. The summed E-state index contributed by atoms with van der Waals surface area (Å²) in [6, 6.07) is 4.45. The molecule has 4 aliphatic rings. The molecule has 5 nitrogen and oxygen atoms in total. The Balaban J connectivity index is 1.49. The first kappa shape index (κ1) is 19.2. The van der Waals surface area contributed by atoms with Gasteiger partial charge in [-0.15, -0.1) is 0 Å². The second-order valence-electron chi connectivity index (χ2n) is 9.03. The van der Waals surface area contributed by atoms with Gasteiger partial charge in [0.2, 0.25) is 10.0 Å². The number of amides is 1. The van der Waals surface area contributed by atoms with Crippen LogP contribution in [0.1, 0.15) is 48.9 Å². The molecule has 0 heterocycles. The molecule has 4 fully saturated rings. The van der Waals surface area contributed by atoms with E-state index in [1.54, 1.807) is 6.07 Å². The van der Waals surface area contributed by atoms with E-state index >= 15 is 0 Å². The number of carbonyl (C=O) groups is 1. The van der Waals surface area contributed by atoms with Gasteiger partial charge in [0.15, 0.2) is 0 Å². The molecule has 1 aromatic carbocycles. The van der Waals surface area contributed by atoms with Crippen molar-refractivity contribution in [1.82, 2.24) is 9.62 Å². The lowest BCUT2D eigenvalue weighted by Gasteiger charge is -2.56. The van der Waals surface area contributed by atoms with Crippen LogP contribution in [0.3, 0.4) is 0 Å². The Morgan fingerprint density at radius 1 is 1.15 bits per heavy atom. The molecular weight excluding hydrogens is 384 g/mol. The third-order valence-electron chi connectivity index (χ3n) is 6.74. The highest BCUT2D eigenvalue weighted by Gasteiger charge is 2.50. The molecule has 148 valence electrons.